The molecule has 110 valence electrons. The Balaban J connectivity index is 1.75. The molecule has 2 rings (SSSR count). The van der Waals surface area contributed by atoms with Gasteiger partial charge in [-0.3, -0.25) is 0 Å². The number of urea groups is 1. The first-order chi connectivity index (χ1) is 9.66. The molecule has 0 bridgehead atoms. The van der Waals surface area contributed by atoms with E-state index in [0.29, 0.717) is 6.54 Å². The van der Waals surface area contributed by atoms with Gasteiger partial charge < -0.3 is 15.4 Å². The molecule has 1 aromatic rings. The molecule has 0 saturated carbocycles. The molecule has 4 nitrogen and oxygen atoms in total. The van der Waals surface area contributed by atoms with E-state index in [4.69, 9.17) is 4.74 Å². The maximum absolute atomic E-state index is 11.9. The topological polar surface area (TPSA) is 50.4 Å². The van der Waals surface area contributed by atoms with Gasteiger partial charge in [0, 0.05) is 25.1 Å². The van der Waals surface area contributed by atoms with E-state index in [1.807, 2.05) is 25.1 Å². The second-order valence-electron chi connectivity index (χ2n) is 5.48. The molecule has 20 heavy (non-hydrogen) atoms. The average Bonchev–Trinajstić information content (AvgIpc) is 2.98. The van der Waals surface area contributed by atoms with Gasteiger partial charge in [-0.2, -0.15) is 0 Å². The van der Waals surface area contributed by atoms with E-state index in [-0.39, 0.29) is 24.1 Å². The molecule has 2 N–H and O–H groups in total. The van der Waals surface area contributed by atoms with Crippen LogP contribution < -0.4 is 10.6 Å². The quantitative estimate of drug-likeness (QED) is 0.868. The van der Waals surface area contributed by atoms with Crippen molar-refractivity contribution in [2.24, 2.45) is 0 Å². The molecular formula is C16H24N2O2. The first kappa shape index (κ1) is 14.9. The third-order valence-electron chi connectivity index (χ3n) is 3.95. The van der Waals surface area contributed by atoms with Gasteiger partial charge in [0.25, 0.3) is 0 Å². The summed E-state index contributed by atoms with van der Waals surface area (Å²) < 4.78 is 5.48. The average molecular weight is 276 g/mol. The van der Waals surface area contributed by atoms with Crippen LogP contribution in [-0.4, -0.2) is 31.3 Å². The van der Waals surface area contributed by atoms with Crippen molar-refractivity contribution in [1.29, 1.82) is 0 Å². The van der Waals surface area contributed by atoms with Gasteiger partial charge in [0.05, 0.1) is 6.10 Å². The van der Waals surface area contributed by atoms with Crippen molar-refractivity contribution in [2.75, 3.05) is 13.2 Å². The molecule has 3 atom stereocenters. The Kier molecular flexibility index (Phi) is 5.41. The van der Waals surface area contributed by atoms with Crippen LogP contribution in [0.1, 0.15) is 38.2 Å². The van der Waals surface area contributed by atoms with Gasteiger partial charge >= 0.3 is 6.03 Å². The third-order valence-corrected chi connectivity index (χ3v) is 3.95. The van der Waals surface area contributed by atoms with Gasteiger partial charge in [0.15, 0.2) is 0 Å². The van der Waals surface area contributed by atoms with Crippen molar-refractivity contribution in [3.05, 3.63) is 35.9 Å². The smallest absolute Gasteiger partial charge is 0.315 e. The predicted molar refractivity (Wildman–Crippen MR) is 79.8 cm³/mol. The minimum absolute atomic E-state index is 0.0851. The summed E-state index contributed by atoms with van der Waals surface area (Å²) in [6.45, 7) is 5.57. The lowest BCUT2D eigenvalue weighted by atomic mass is 9.95. The molecule has 1 fully saturated rings. The molecule has 0 spiro atoms. The molecule has 1 aromatic carbocycles. The molecule has 1 aliphatic heterocycles. The number of nitrogens with one attached hydrogen (secondary N) is 2. The van der Waals surface area contributed by atoms with E-state index in [2.05, 4.69) is 29.7 Å². The lowest BCUT2D eigenvalue weighted by Crippen LogP contribution is -2.45. The Hall–Kier alpha value is -1.55. The maximum Gasteiger partial charge on any atom is 0.315 e. The molecule has 0 radical (unpaired) electrons. The normalized spacial score (nSPS) is 21.2. The summed E-state index contributed by atoms with van der Waals surface area (Å²) >= 11 is 0. The Morgan fingerprint density at radius 2 is 2.10 bits per heavy atom. The molecule has 0 aliphatic carbocycles. The monoisotopic (exact) mass is 276 g/mol. The van der Waals surface area contributed by atoms with Gasteiger partial charge in [0.2, 0.25) is 0 Å². The van der Waals surface area contributed by atoms with Crippen molar-refractivity contribution >= 4 is 6.03 Å². The highest BCUT2D eigenvalue weighted by Gasteiger charge is 2.19. The zero-order valence-corrected chi connectivity index (χ0v) is 12.3. The number of rotatable bonds is 5. The number of carbonyl (C=O) groups is 1. The standard InChI is InChI=1S/C16H24N2O2/c1-12(14-7-4-3-5-8-14)13(2)18-16(19)17-11-15-9-6-10-20-15/h3-5,7-8,12-13,15H,6,9-11H2,1-2H3,(H2,17,18,19)/t12-,13+,15-/m1/s1. The van der Waals surface area contributed by atoms with Crippen LogP contribution in [0.2, 0.25) is 0 Å². The summed E-state index contributed by atoms with van der Waals surface area (Å²) in [6.07, 6.45) is 2.31. The largest absolute Gasteiger partial charge is 0.376 e. The van der Waals surface area contributed by atoms with Crippen molar-refractivity contribution in [2.45, 2.75) is 44.8 Å². The van der Waals surface area contributed by atoms with Crippen LogP contribution in [0, 0.1) is 0 Å². The van der Waals surface area contributed by atoms with Gasteiger partial charge in [-0.15, -0.1) is 0 Å². The Morgan fingerprint density at radius 3 is 2.75 bits per heavy atom. The number of amides is 2. The maximum atomic E-state index is 11.9. The fourth-order valence-corrected chi connectivity index (χ4v) is 2.44. The number of benzene rings is 1. The fraction of sp³-hybridized carbons (Fsp3) is 0.562. The number of hydrogen-bond donors (Lipinski definition) is 2. The van der Waals surface area contributed by atoms with Crippen molar-refractivity contribution in [3.8, 4) is 0 Å². The summed E-state index contributed by atoms with van der Waals surface area (Å²) in [5, 5.41) is 5.88. The Bertz CT molecular complexity index is 416. The highest BCUT2D eigenvalue weighted by atomic mass is 16.5. The van der Waals surface area contributed by atoms with Crippen molar-refractivity contribution in [3.63, 3.8) is 0 Å². The molecule has 0 aromatic heterocycles. The summed E-state index contributed by atoms with van der Waals surface area (Å²) in [4.78, 5) is 11.9. The summed E-state index contributed by atoms with van der Waals surface area (Å²) in [6, 6.07) is 10.2. The van der Waals surface area contributed by atoms with Crippen LogP contribution in [0.3, 0.4) is 0 Å². The van der Waals surface area contributed by atoms with Crippen LogP contribution in [0.25, 0.3) is 0 Å². The molecule has 4 heteroatoms. The van der Waals surface area contributed by atoms with Crippen LogP contribution in [0.4, 0.5) is 4.79 Å². The second kappa shape index (κ2) is 7.29. The third kappa shape index (κ3) is 4.23. The van der Waals surface area contributed by atoms with Crippen LogP contribution in [0.5, 0.6) is 0 Å². The van der Waals surface area contributed by atoms with E-state index in [0.717, 1.165) is 19.4 Å². The van der Waals surface area contributed by atoms with Crippen LogP contribution >= 0.6 is 0 Å². The lowest BCUT2D eigenvalue weighted by molar-refractivity contribution is 0.111. The summed E-state index contributed by atoms with van der Waals surface area (Å²) in [5.41, 5.74) is 1.24. The van der Waals surface area contributed by atoms with Crippen LogP contribution in [-0.2, 0) is 4.74 Å². The number of carbonyl (C=O) groups excluding carboxylic acids is 1. The first-order valence-electron chi connectivity index (χ1n) is 7.37. The van der Waals surface area contributed by atoms with E-state index in [1.165, 1.54) is 5.56 Å². The molecule has 1 heterocycles. The minimum atomic E-state index is -0.115. The van der Waals surface area contributed by atoms with Gasteiger partial charge in [-0.25, -0.2) is 4.79 Å². The van der Waals surface area contributed by atoms with Crippen LogP contribution in [0.15, 0.2) is 30.3 Å². The minimum Gasteiger partial charge on any atom is -0.376 e. The fourth-order valence-electron chi connectivity index (χ4n) is 2.44. The molecule has 0 unspecified atom stereocenters. The summed E-state index contributed by atoms with van der Waals surface area (Å²) in [5.74, 6) is 0.282. The zero-order chi connectivity index (χ0) is 14.4. The van der Waals surface area contributed by atoms with E-state index >= 15 is 0 Å². The van der Waals surface area contributed by atoms with Crippen molar-refractivity contribution < 1.29 is 9.53 Å². The van der Waals surface area contributed by atoms with Gasteiger partial charge in [0.1, 0.15) is 0 Å². The Labute approximate surface area is 120 Å². The predicted octanol–water partition coefficient (Wildman–Crippen LogP) is 2.66. The number of hydrogen-bond acceptors (Lipinski definition) is 2. The van der Waals surface area contributed by atoms with Gasteiger partial charge in [-0.05, 0) is 25.3 Å². The SMILES string of the molecule is C[C@H](NC(=O)NC[C@H]1CCCO1)[C@@H](C)c1ccccc1. The highest BCUT2D eigenvalue weighted by Crippen LogP contribution is 2.18. The van der Waals surface area contributed by atoms with Crippen molar-refractivity contribution in [1.82, 2.24) is 10.6 Å². The molecule has 1 aliphatic rings. The molecule has 1 saturated heterocycles. The summed E-state index contributed by atoms with van der Waals surface area (Å²) in [7, 11) is 0. The molecular weight excluding hydrogens is 252 g/mol. The lowest BCUT2D eigenvalue weighted by Gasteiger charge is -2.22. The van der Waals surface area contributed by atoms with Gasteiger partial charge in [-0.1, -0.05) is 37.3 Å². The Morgan fingerprint density at radius 1 is 1.35 bits per heavy atom. The zero-order valence-electron chi connectivity index (χ0n) is 12.3. The second-order valence-corrected chi connectivity index (χ2v) is 5.48. The molecule has 2 amide bonds. The highest BCUT2D eigenvalue weighted by molar-refractivity contribution is 5.74. The van der Waals surface area contributed by atoms with E-state index in [1.54, 1.807) is 0 Å². The first-order valence-corrected chi connectivity index (χ1v) is 7.37. The van der Waals surface area contributed by atoms with E-state index < -0.39 is 0 Å². The van der Waals surface area contributed by atoms with E-state index in [9.17, 15) is 4.79 Å². The number of ether oxygens (including phenoxy) is 1.